The lowest BCUT2D eigenvalue weighted by Crippen LogP contribution is -2.29. The van der Waals surface area contributed by atoms with E-state index < -0.39 is 0 Å². The lowest BCUT2D eigenvalue weighted by Gasteiger charge is -2.24. The van der Waals surface area contributed by atoms with Crippen molar-refractivity contribution in [2.75, 3.05) is 18.5 Å². The molecule has 3 heteroatoms. The Morgan fingerprint density at radius 3 is 2.73 bits per heavy atom. The molecule has 1 fully saturated rings. The Kier molecular flexibility index (Phi) is 3.59. The van der Waals surface area contributed by atoms with Gasteiger partial charge in [0.25, 0.3) is 0 Å². The van der Waals surface area contributed by atoms with Crippen molar-refractivity contribution < 1.29 is 9.84 Å². The van der Waals surface area contributed by atoms with Gasteiger partial charge in [0.1, 0.15) is 0 Å². The average molecular weight is 207 g/mol. The molecule has 0 spiro atoms. The van der Waals surface area contributed by atoms with Crippen LogP contribution in [0.4, 0.5) is 5.69 Å². The number of anilines is 1. The summed E-state index contributed by atoms with van der Waals surface area (Å²) in [6.45, 7) is 1.79. The third-order valence-electron chi connectivity index (χ3n) is 2.67. The van der Waals surface area contributed by atoms with E-state index in [1.807, 2.05) is 24.3 Å². The molecular weight excluding hydrogens is 190 g/mol. The summed E-state index contributed by atoms with van der Waals surface area (Å²) in [5, 5.41) is 12.3. The first-order valence-electron chi connectivity index (χ1n) is 5.42. The second-order valence-electron chi connectivity index (χ2n) is 3.91. The highest BCUT2D eigenvalue weighted by Gasteiger charge is 2.12. The molecule has 3 nitrogen and oxygen atoms in total. The monoisotopic (exact) mass is 207 g/mol. The molecule has 0 saturated carbocycles. The molecule has 0 aliphatic carbocycles. The Morgan fingerprint density at radius 2 is 2.13 bits per heavy atom. The quantitative estimate of drug-likeness (QED) is 0.793. The first-order valence-corrected chi connectivity index (χ1v) is 5.42. The summed E-state index contributed by atoms with van der Waals surface area (Å²) < 4.78 is 5.40. The van der Waals surface area contributed by atoms with Gasteiger partial charge in [-0.1, -0.05) is 12.1 Å². The minimum absolute atomic E-state index is 0.104. The molecule has 1 aliphatic heterocycles. The number of rotatable bonds is 3. The van der Waals surface area contributed by atoms with E-state index >= 15 is 0 Å². The predicted octanol–water partition coefficient (Wildman–Crippen LogP) is 1.77. The summed E-state index contributed by atoms with van der Waals surface area (Å²) in [4.78, 5) is 0. The van der Waals surface area contributed by atoms with Crippen LogP contribution in [0.15, 0.2) is 24.3 Å². The van der Waals surface area contributed by atoms with E-state index in [2.05, 4.69) is 5.32 Å². The molecule has 15 heavy (non-hydrogen) atoms. The van der Waals surface area contributed by atoms with Gasteiger partial charge in [-0.2, -0.15) is 0 Å². The van der Waals surface area contributed by atoms with E-state index in [0.717, 1.165) is 30.9 Å². The number of aliphatic hydroxyl groups excluding tert-OH is 1. The fourth-order valence-electron chi connectivity index (χ4n) is 1.80. The second-order valence-corrected chi connectivity index (χ2v) is 3.91. The molecule has 1 heterocycles. The van der Waals surface area contributed by atoms with Crippen molar-refractivity contribution in [3.8, 4) is 0 Å². The Hall–Kier alpha value is -1.06. The first-order chi connectivity index (χ1) is 7.38. The SMILES string of the molecule is OCc1ccc(NC2CCCOC2)cc1. The van der Waals surface area contributed by atoms with Crippen molar-refractivity contribution in [1.82, 2.24) is 0 Å². The van der Waals surface area contributed by atoms with Crippen molar-refractivity contribution in [3.05, 3.63) is 29.8 Å². The van der Waals surface area contributed by atoms with Gasteiger partial charge in [-0.25, -0.2) is 0 Å². The van der Waals surface area contributed by atoms with Crippen LogP contribution in [0, 0.1) is 0 Å². The standard InChI is InChI=1S/C12H17NO2/c14-8-10-3-5-11(6-4-10)13-12-2-1-7-15-9-12/h3-6,12-14H,1-2,7-9H2. The van der Waals surface area contributed by atoms with E-state index in [0.29, 0.717) is 6.04 Å². The first kappa shape index (κ1) is 10.5. The maximum absolute atomic E-state index is 8.91. The average Bonchev–Trinajstić information content (AvgIpc) is 2.31. The number of ether oxygens (including phenoxy) is 1. The molecule has 82 valence electrons. The molecule has 1 aromatic rings. The number of nitrogens with one attached hydrogen (secondary N) is 1. The number of hydrogen-bond donors (Lipinski definition) is 2. The van der Waals surface area contributed by atoms with Gasteiger partial charge in [0.2, 0.25) is 0 Å². The minimum Gasteiger partial charge on any atom is -0.392 e. The maximum Gasteiger partial charge on any atom is 0.0681 e. The zero-order valence-electron chi connectivity index (χ0n) is 8.78. The predicted molar refractivity (Wildman–Crippen MR) is 59.8 cm³/mol. The van der Waals surface area contributed by atoms with Gasteiger partial charge >= 0.3 is 0 Å². The van der Waals surface area contributed by atoms with Gasteiger partial charge in [-0.15, -0.1) is 0 Å². The summed E-state index contributed by atoms with van der Waals surface area (Å²) in [5.41, 5.74) is 2.04. The van der Waals surface area contributed by atoms with Crippen LogP contribution < -0.4 is 5.32 Å². The van der Waals surface area contributed by atoms with Crippen molar-refractivity contribution >= 4 is 5.69 Å². The summed E-state index contributed by atoms with van der Waals surface area (Å²) in [6.07, 6.45) is 2.30. The van der Waals surface area contributed by atoms with Gasteiger partial charge < -0.3 is 15.2 Å². The topological polar surface area (TPSA) is 41.5 Å². The van der Waals surface area contributed by atoms with Crippen LogP contribution >= 0.6 is 0 Å². The number of benzene rings is 1. The summed E-state index contributed by atoms with van der Waals surface area (Å²) in [7, 11) is 0. The van der Waals surface area contributed by atoms with Crippen LogP contribution in [0.1, 0.15) is 18.4 Å². The molecule has 0 bridgehead atoms. The lowest BCUT2D eigenvalue weighted by molar-refractivity contribution is 0.0876. The normalized spacial score (nSPS) is 21.3. The molecule has 2 rings (SSSR count). The zero-order chi connectivity index (χ0) is 10.5. The molecule has 1 unspecified atom stereocenters. The molecule has 1 aromatic carbocycles. The molecule has 2 N–H and O–H groups in total. The molecule has 1 atom stereocenters. The smallest absolute Gasteiger partial charge is 0.0681 e. The molecule has 0 radical (unpaired) electrons. The molecular formula is C12H17NO2. The van der Waals surface area contributed by atoms with Crippen LogP contribution in [0.5, 0.6) is 0 Å². The van der Waals surface area contributed by atoms with Crippen molar-refractivity contribution in [2.24, 2.45) is 0 Å². The van der Waals surface area contributed by atoms with Crippen LogP contribution in [-0.2, 0) is 11.3 Å². The van der Waals surface area contributed by atoms with Crippen LogP contribution in [0.25, 0.3) is 0 Å². The van der Waals surface area contributed by atoms with Gasteiger partial charge in [-0.05, 0) is 30.5 Å². The minimum atomic E-state index is 0.104. The molecule has 1 saturated heterocycles. The van der Waals surface area contributed by atoms with Crippen LogP contribution in [0.2, 0.25) is 0 Å². The Balaban J connectivity index is 1.91. The summed E-state index contributed by atoms with van der Waals surface area (Å²) in [6, 6.07) is 8.30. The number of hydrogen-bond acceptors (Lipinski definition) is 3. The molecule has 0 amide bonds. The van der Waals surface area contributed by atoms with Crippen LogP contribution in [0.3, 0.4) is 0 Å². The fraction of sp³-hybridized carbons (Fsp3) is 0.500. The Bertz CT molecular complexity index is 291. The molecule has 0 aromatic heterocycles. The fourth-order valence-corrected chi connectivity index (χ4v) is 1.80. The third kappa shape index (κ3) is 2.94. The van der Waals surface area contributed by atoms with E-state index in [1.165, 1.54) is 6.42 Å². The van der Waals surface area contributed by atoms with Crippen molar-refractivity contribution in [2.45, 2.75) is 25.5 Å². The van der Waals surface area contributed by atoms with Gasteiger partial charge in [0, 0.05) is 18.3 Å². The summed E-state index contributed by atoms with van der Waals surface area (Å²) >= 11 is 0. The molecule has 1 aliphatic rings. The number of aliphatic hydroxyl groups is 1. The zero-order valence-corrected chi connectivity index (χ0v) is 8.78. The van der Waals surface area contributed by atoms with Crippen LogP contribution in [-0.4, -0.2) is 24.4 Å². The van der Waals surface area contributed by atoms with Gasteiger partial charge in [0.15, 0.2) is 0 Å². The highest BCUT2D eigenvalue weighted by Crippen LogP contribution is 2.15. The third-order valence-corrected chi connectivity index (χ3v) is 2.67. The van der Waals surface area contributed by atoms with Crippen molar-refractivity contribution in [1.29, 1.82) is 0 Å². The summed E-state index contributed by atoms with van der Waals surface area (Å²) in [5.74, 6) is 0. The second kappa shape index (κ2) is 5.14. The lowest BCUT2D eigenvalue weighted by atomic mass is 10.1. The van der Waals surface area contributed by atoms with Crippen molar-refractivity contribution in [3.63, 3.8) is 0 Å². The Morgan fingerprint density at radius 1 is 1.33 bits per heavy atom. The van der Waals surface area contributed by atoms with E-state index in [9.17, 15) is 0 Å². The van der Waals surface area contributed by atoms with Gasteiger partial charge in [-0.3, -0.25) is 0 Å². The highest BCUT2D eigenvalue weighted by molar-refractivity contribution is 5.45. The Labute approximate surface area is 90.1 Å². The van der Waals surface area contributed by atoms with E-state index in [1.54, 1.807) is 0 Å². The van der Waals surface area contributed by atoms with E-state index in [-0.39, 0.29) is 6.61 Å². The maximum atomic E-state index is 8.91. The van der Waals surface area contributed by atoms with Gasteiger partial charge in [0.05, 0.1) is 13.2 Å². The van der Waals surface area contributed by atoms with E-state index in [4.69, 9.17) is 9.84 Å². The highest BCUT2D eigenvalue weighted by atomic mass is 16.5. The largest absolute Gasteiger partial charge is 0.392 e.